The fourth-order valence-corrected chi connectivity index (χ4v) is 2.35. The first-order chi connectivity index (χ1) is 9.06. The third-order valence-electron chi connectivity index (χ3n) is 3.37. The van der Waals surface area contributed by atoms with Crippen LogP contribution in [0.5, 0.6) is 0 Å². The highest BCUT2D eigenvalue weighted by Gasteiger charge is 2.20. The standard InChI is InChI=1S/C14H19N3O2.ClH/c1-9-7-12(5-6-16-9)17-14(19)11-4-2-3-10(8-11)13(15)18;/h2-4,8-9,12,16H,5-7H2,1H3,(H2,15,18)(H,17,19);1H. The van der Waals surface area contributed by atoms with Gasteiger partial charge in [-0.05, 0) is 44.5 Å². The van der Waals surface area contributed by atoms with Crippen molar-refractivity contribution in [2.75, 3.05) is 6.54 Å². The minimum atomic E-state index is -0.523. The number of primary amides is 1. The molecule has 110 valence electrons. The molecule has 6 heteroatoms. The molecule has 2 rings (SSSR count). The smallest absolute Gasteiger partial charge is 0.251 e. The molecule has 0 saturated carbocycles. The lowest BCUT2D eigenvalue weighted by Gasteiger charge is -2.28. The number of nitrogens with two attached hydrogens (primary N) is 1. The Labute approximate surface area is 124 Å². The monoisotopic (exact) mass is 297 g/mol. The zero-order valence-corrected chi connectivity index (χ0v) is 12.2. The molecule has 1 aliphatic rings. The molecule has 4 N–H and O–H groups in total. The van der Waals surface area contributed by atoms with Gasteiger partial charge in [-0.15, -0.1) is 12.4 Å². The molecule has 1 aromatic rings. The van der Waals surface area contributed by atoms with Crippen LogP contribution in [0.4, 0.5) is 0 Å². The highest BCUT2D eigenvalue weighted by molar-refractivity contribution is 5.99. The van der Waals surface area contributed by atoms with Crippen molar-refractivity contribution in [3.05, 3.63) is 35.4 Å². The number of carbonyl (C=O) groups is 2. The number of rotatable bonds is 3. The van der Waals surface area contributed by atoms with Gasteiger partial charge in [-0.3, -0.25) is 9.59 Å². The second-order valence-corrected chi connectivity index (χ2v) is 4.99. The van der Waals surface area contributed by atoms with E-state index in [0.29, 0.717) is 17.2 Å². The van der Waals surface area contributed by atoms with Crippen LogP contribution >= 0.6 is 12.4 Å². The number of halogens is 1. The summed E-state index contributed by atoms with van der Waals surface area (Å²) >= 11 is 0. The van der Waals surface area contributed by atoms with Crippen LogP contribution in [0.3, 0.4) is 0 Å². The molecule has 1 saturated heterocycles. The van der Waals surface area contributed by atoms with Crippen molar-refractivity contribution < 1.29 is 9.59 Å². The molecule has 5 nitrogen and oxygen atoms in total. The van der Waals surface area contributed by atoms with Gasteiger partial charge >= 0.3 is 0 Å². The Morgan fingerprint density at radius 3 is 2.70 bits per heavy atom. The van der Waals surface area contributed by atoms with E-state index in [4.69, 9.17) is 5.73 Å². The molecule has 1 heterocycles. The number of piperidine rings is 1. The average Bonchev–Trinajstić information content (AvgIpc) is 2.39. The van der Waals surface area contributed by atoms with Crippen LogP contribution in [0.15, 0.2) is 24.3 Å². The maximum Gasteiger partial charge on any atom is 0.251 e. The maximum atomic E-state index is 12.1. The summed E-state index contributed by atoms with van der Waals surface area (Å²) in [5, 5.41) is 6.34. The van der Waals surface area contributed by atoms with Crippen LogP contribution < -0.4 is 16.4 Å². The van der Waals surface area contributed by atoms with E-state index < -0.39 is 5.91 Å². The lowest BCUT2D eigenvalue weighted by molar-refractivity contribution is 0.0925. The fourth-order valence-electron chi connectivity index (χ4n) is 2.35. The van der Waals surface area contributed by atoms with E-state index in [1.165, 1.54) is 6.07 Å². The van der Waals surface area contributed by atoms with E-state index in [0.717, 1.165) is 19.4 Å². The fraction of sp³-hybridized carbons (Fsp3) is 0.429. The van der Waals surface area contributed by atoms with E-state index in [1.54, 1.807) is 18.2 Å². The third-order valence-corrected chi connectivity index (χ3v) is 3.37. The Kier molecular flexibility index (Phi) is 5.98. The van der Waals surface area contributed by atoms with Crippen LogP contribution in [0, 0.1) is 0 Å². The lowest BCUT2D eigenvalue weighted by atomic mass is 10.00. The Hall–Kier alpha value is -1.59. The third kappa shape index (κ3) is 4.21. The van der Waals surface area contributed by atoms with Gasteiger partial charge in [-0.1, -0.05) is 6.07 Å². The van der Waals surface area contributed by atoms with Gasteiger partial charge in [-0.25, -0.2) is 0 Å². The normalized spacial score (nSPS) is 21.6. The largest absolute Gasteiger partial charge is 0.366 e. The summed E-state index contributed by atoms with van der Waals surface area (Å²) in [5.74, 6) is -0.674. The molecule has 0 aliphatic carbocycles. The van der Waals surface area contributed by atoms with Gasteiger partial charge in [0.2, 0.25) is 5.91 Å². The number of nitrogens with one attached hydrogen (secondary N) is 2. The van der Waals surface area contributed by atoms with Crippen molar-refractivity contribution in [2.24, 2.45) is 5.73 Å². The zero-order chi connectivity index (χ0) is 13.8. The van der Waals surface area contributed by atoms with Crippen molar-refractivity contribution in [3.63, 3.8) is 0 Å². The summed E-state index contributed by atoms with van der Waals surface area (Å²) in [6.45, 7) is 3.01. The highest BCUT2D eigenvalue weighted by Crippen LogP contribution is 2.10. The molecule has 0 spiro atoms. The molecule has 2 atom stereocenters. The summed E-state index contributed by atoms with van der Waals surface area (Å²) in [7, 11) is 0. The summed E-state index contributed by atoms with van der Waals surface area (Å²) in [6.07, 6.45) is 1.84. The molecule has 0 bridgehead atoms. The molecular weight excluding hydrogens is 278 g/mol. The van der Waals surface area contributed by atoms with Crippen molar-refractivity contribution in [3.8, 4) is 0 Å². The molecule has 0 radical (unpaired) electrons. The second-order valence-electron chi connectivity index (χ2n) is 4.99. The van der Waals surface area contributed by atoms with E-state index in [9.17, 15) is 9.59 Å². The summed E-state index contributed by atoms with van der Waals surface area (Å²) in [5.41, 5.74) is 6.03. The van der Waals surface area contributed by atoms with Gasteiger partial charge in [0, 0.05) is 23.2 Å². The van der Waals surface area contributed by atoms with E-state index in [2.05, 4.69) is 17.6 Å². The van der Waals surface area contributed by atoms with Gasteiger partial charge in [0.1, 0.15) is 0 Å². The summed E-state index contributed by atoms with van der Waals surface area (Å²) in [4.78, 5) is 23.2. The molecule has 2 amide bonds. The van der Waals surface area contributed by atoms with Crippen LogP contribution in [0.2, 0.25) is 0 Å². The number of amides is 2. The van der Waals surface area contributed by atoms with Crippen LogP contribution in [-0.4, -0.2) is 30.4 Å². The molecule has 20 heavy (non-hydrogen) atoms. The van der Waals surface area contributed by atoms with Crippen LogP contribution in [-0.2, 0) is 0 Å². The summed E-state index contributed by atoms with van der Waals surface area (Å²) < 4.78 is 0. The SMILES string of the molecule is CC1CC(NC(=O)c2cccc(C(N)=O)c2)CCN1.Cl. The maximum absolute atomic E-state index is 12.1. The number of hydrogen-bond donors (Lipinski definition) is 3. The van der Waals surface area contributed by atoms with E-state index >= 15 is 0 Å². The highest BCUT2D eigenvalue weighted by atomic mass is 35.5. The molecule has 1 aromatic carbocycles. The van der Waals surface area contributed by atoms with Gasteiger partial charge in [0.05, 0.1) is 0 Å². The molecule has 1 aliphatic heterocycles. The van der Waals surface area contributed by atoms with Crippen molar-refractivity contribution in [2.45, 2.75) is 31.8 Å². The number of benzene rings is 1. The Morgan fingerprint density at radius 1 is 1.35 bits per heavy atom. The predicted molar refractivity (Wildman–Crippen MR) is 80.2 cm³/mol. The first-order valence-electron chi connectivity index (χ1n) is 6.50. The van der Waals surface area contributed by atoms with Gasteiger partial charge in [0.15, 0.2) is 0 Å². The number of hydrogen-bond acceptors (Lipinski definition) is 3. The second kappa shape index (κ2) is 7.26. The van der Waals surface area contributed by atoms with Crippen molar-refractivity contribution >= 4 is 24.2 Å². The minimum absolute atomic E-state index is 0. The predicted octanol–water partition coefficient (Wildman–Crippen LogP) is 1.08. The van der Waals surface area contributed by atoms with E-state index in [-0.39, 0.29) is 24.4 Å². The zero-order valence-electron chi connectivity index (χ0n) is 11.4. The quantitative estimate of drug-likeness (QED) is 0.780. The number of carbonyl (C=O) groups excluding carboxylic acids is 2. The Bertz CT molecular complexity index is 493. The molecule has 0 aromatic heterocycles. The minimum Gasteiger partial charge on any atom is -0.366 e. The summed E-state index contributed by atoms with van der Waals surface area (Å²) in [6, 6.07) is 7.08. The van der Waals surface area contributed by atoms with Crippen LogP contribution in [0.25, 0.3) is 0 Å². The van der Waals surface area contributed by atoms with Gasteiger partial charge in [-0.2, -0.15) is 0 Å². The average molecular weight is 298 g/mol. The lowest BCUT2D eigenvalue weighted by Crippen LogP contribution is -2.46. The molecule has 1 fully saturated rings. The topological polar surface area (TPSA) is 84.2 Å². The van der Waals surface area contributed by atoms with Crippen molar-refractivity contribution in [1.29, 1.82) is 0 Å². The van der Waals surface area contributed by atoms with Crippen LogP contribution in [0.1, 0.15) is 40.5 Å². The molecular formula is C14H20ClN3O2. The van der Waals surface area contributed by atoms with Gasteiger partial charge in [0.25, 0.3) is 5.91 Å². The first kappa shape index (κ1) is 16.5. The Morgan fingerprint density at radius 2 is 2.05 bits per heavy atom. The first-order valence-corrected chi connectivity index (χ1v) is 6.50. The van der Waals surface area contributed by atoms with Gasteiger partial charge < -0.3 is 16.4 Å². The Balaban J connectivity index is 0.00000200. The van der Waals surface area contributed by atoms with E-state index in [1.807, 2.05) is 0 Å². The molecule has 2 unspecified atom stereocenters. The van der Waals surface area contributed by atoms with Crippen molar-refractivity contribution in [1.82, 2.24) is 10.6 Å².